The van der Waals surface area contributed by atoms with Crippen LogP contribution in [0.25, 0.3) is 0 Å². The monoisotopic (exact) mass is 230 g/mol. The van der Waals surface area contributed by atoms with Gasteiger partial charge < -0.3 is 15.4 Å². The average molecular weight is 230 g/mol. The van der Waals surface area contributed by atoms with Crippen LogP contribution in [0.3, 0.4) is 0 Å². The van der Waals surface area contributed by atoms with Crippen molar-refractivity contribution in [2.45, 2.75) is 40.2 Å². The van der Waals surface area contributed by atoms with E-state index in [0.717, 1.165) is 0 Å². The van der Waals surface area contributed by atoms with Crippen molar-refractivity contribution in [2.24, 2.45) is 11.7 Å². The second-order valence-corrected chi connectivity index (χ2v) is 4.48. The van der Waals surface area contributed by atoms with Crippen LogP contribution < -0.4 is 5.73 Å². The standard InChI is InChI=1S/C9H16N2O3.C2H6/c1-9(2,3)14-8(13)11-4-6(5-11)7(10)12;1-2/h6H,4-5H2,1-3H3,(H2,10,12);1-2H3. The van der Waals surface area contributed by atoms with E-state index >= 15 is 0 Å². The highest BCUT2D eigenvalue weighted by Gasteiger charge is 2.36. The molecule has 5 nitrogen and oxygen atoms in total. The summed E-state index contributed by atoms with van der Waals surface area (Å²) in [5.74, 6) is -0.563. The van der Waals surface area contributed by atoms with E-state index in [4.69, 9.17) is 10.5 Å². The Kier molecular flexibility index (Phi) is 5.27. The van der Waals surface area contributed by atoms with Crippen LogP contribution in [0.2, 0.25) is 0 Å². The van der Waals surface area contributed by atoms with Gasteiger partial charge in [0.1, 0.15) is 5.60 Å². The first kappa shape index (κ1) is 14.7. The molecular formula is C11H22N2O3. The molecule has 0 bridgehead atoms. The zero-order valence-electron chi connectivity index (χ0n) is 10.7. The SMILES string of the molecule is CC.CC(C)(C)OC(=O)N1CC(C(N)=O)C1. The van der Waals surface area contributed by atoms with Crippen molar-refractivity contribution in [1.29, 1.82) is 0 Å². The predicted molar refractivity (Wildman–Crippen MR) is 61.8 cm³/mol. The van der Waals surface area contributed by atoms with Crippen LogP contribution >= 0.6 is 0 Å². The molecule has 0 aromatic carbocycles. The molecule has 0 atom stereocenters. The lowest BCUT2D eigenvalue weighted by atomic mass is 10.0. The zero-order valence-corrected chi connectivity index (χ0v) is 10.7. The Balaban J connectivity index is 0.00000106. The molecule has 0 aliphatic carbocycles. The summed E-state index contributed by atoms with van der Waals surface area (Å²) in [6, 6.07) is 0. The number of amides is 2. The van der Waals surface area contributed by atoms with Gasteiger partial charge in [0.05, 0.1) is 5.92 Å². The fraction of sp³-hybridized carbons (Fsp3) is 0.818. The molecule has 0 spiro atoms. The van der Waals surface area contributed by atoms with Gasteiger partial charge in [-0.25, -0.2) is 4.79 Å². The minimum atomic E-state index is -0.491. The Morgan fingerprint density at radius 1 is 1.25 bits per heavy atom. The Morgan fingerprint density at radius 3 is 2.00 bits per heavy atom. The van der Waals surface area contributed by atoms with Crippen LogP contribution in [-0.2, 0) is 9.53 Å². The largest absolute Gasteiger partial charge is 0.444 e. The summed E-state index contributed by atoms with van der Waals surface area (Å²) in [7, 11) is 0. The van der Waals surface area contributed by atoms with Crippen molar-refractivity contribution >= 4 is 12.0 Å². The van der Waals surface area contributed by atoms with E-state index in [1.54, 1.807) is 20.8 Å². The highest BCUT2D eigenvalue weighted by atomic mass is 16.6. The molecule has 0 aromatic rings. The summed E-state index contributed by atoms with van der Waals surface area (Å²) in [6.07, 6.45) is -0.380. The Bertz CT molecular complexity index is 252. The predicted octanol–water partition coefficient (Wildman–Crippen LogP) is 1.36. The maximum atomic E-state index is 11.4. The third-order valence-electron chi connectivity index (χ3n) is 1.94. The van der Waals surface area contributed by atoms with Crippen LogP contribution in [0.1, 0.15) is 34.6 Å². The highest BCUT2D eigenvalue weighted by Crippen LogP contribution is 2.18. The lowest BCUT2D eigenvalue weighted by Gasteiger charge is -2.37. The summed E-state index contributed by atoms with van der Waals surface area (Å²) in [5.41, 5.74) is 4.58. The molecule has 0 unspecified atom stereocenters. The molecule has 16 heavy (non-hydrogen) atoms. The van der Waals surface area contributed by atoms with Crippen LogP contribution in [0, 0.1) is 5.92 Å². The number of nitrogens with two attached hydrogens (primary N) is 1. The number of rotatable bonds is 1. The number of likely N-dealkylation sites (tertiary alicyclic amines) is 1. The number of carbonyl (C=O) groups excluding carboxylic acids is 2. The van der Waals surface area contributed by atoms with Crippen LogP contribution in [0.4, 0.5) is 4.79 Å². The van der Waals surface area contributed by atoms with E-state index in [-0.39, 0.29) is 17.9 Å². The first-order chi connectivity index (χ1) is 7.29. The number of ether oxygens (including phenoxy) is 1. The second kappa shape index (κ2) is 5.72. The van der Waals surface area contributed by atoms with E-state index in [1.165, 1.54) is 4.90 Å². The number of carbonyl (C=O) groups is 2. The number of hydrogen-bond acceptors (Lipinski definition) is 3. The van der Waals surface area contributed by atoms with Crippen molar-refractivity contribution in [3.05, 3.63) is 0 Å². The molecule has 0 aromatic heterocycles. The van der Waals surface area contributed by atoms with E-state index in [1.807, 2.05) is 13.8 Å². The molecule has 1 aliphatic rings. The third-order valence-corrected chi connectivity index (χ3v) is 1.94. The van der Waals surface area contributed by atoms with Crippen molar-refractivity contribution in [2.75, 3.05) is 13.1 Å². The minimum Gasteiger partial charge on any atom is -0.444 e. The fourth-order valence-electron chi connectivity index (χ4n) is 1.13. The van der Waals surface area contributed by atoms with Gasteiger partial charge in [-0.05, 0) is 20.8 Å². The van der Waals surface area contributed by atoms with Crippen molar-refractivity contribution in [1.82, 2.24) is 4.90 Å². The van der Waals surface area contributed by atoms with Gasteiger partial charge in [0, 0.05) is 13.1 Å². The molecule has 2 N–H and O–H groups in total. The van der Waals surface area contributed by atoms with Gasteiger partial charge >= 0.3 is 6.09 Å². The van der Waals surface area contributed by atoms with Crippen molar-refractivity contribution in [3.8, 4) is 0 Å². The van der Waals surface area contributed by atoms with Gasteiger partial charge in [-0.15, -0.1) is 0 Å². The summed E-state index contributed by atoms with van der Waals surface area (Å²) in [4.78, 5) is 23.5. The smallest absolute Gasteiger partial charge is 0.410 e. The van der Waals surface area contributed by atoms with E-state index in [0.29, 0.717) is 13.1 Å². The molecule has 1 rings (SSSR count). The first-order valence-corrected chi connectivity index (χ1v) is 5.57. The maximum Gasteiger partial charge on any atom is 0.410 e. The molecule has 1 fully saturated rings. The Hall–Kier alpha value is -1.26. The number of nitrogens with zero attached hydrogens (tertiary/aromatic N) is 1. The molecule has 5 heteroatoms. The van der Waals surface area contributed by atoms with E-state index in [2.05, 4.69) is 0 Å². The van der Waals surface area contributed by atoms with Crippen LogP contribution in [0.5, 0.6) is 0 Å². The van der Waals surface area contributed by atoms with Crippen LogP contribution in [-0.4, -0.2) is 35.6 Å². The Morgan fingerprint density at radius 2 is 1.69 bits per heavy atom. The number of primary amides is 1. The fourth-order valence-corrected chi connectivity index (χ4v) is 1.13. The molecule has 1 heterocycles. The summed E-state index contributed by atoms with van der Waals surface area (Å²) >= 11 is 0. The summed E-state index contributed by atoms with van der Waals surface area (Å²) < 4.78 is 5.10. The minimum absolute atomic E-state index is 0.206. The Labute approximate surface area is 96.9 Å². The van der Waals surface area contributed by atoms with Gasteiger partial charge in [-0.3, -0.25) is 4.79 Å². The summed E-state index contributed by atoms with van der Waals surface area (Å²) in [6.45, 7) is 10.2. The van der Waals surface area contributed by atoms with Gasteiger partial charge in [0.2, 0.25) is 5.91 Å². The second-order valence-electron chi connectivity index (χ2n) is 4.48. The van der Waals surface area contributed by atoms with E-state index in [9.17, 15) is 9.59 Å². The van der Waals surface area contributed by atoms with Crippen LogP contribution in [0.15, 0.2) is 0 Å². The molecule has 2 amide bonds. The molecule has 94 valence electrons. The third kappa shape index (κ3) is 4.51. The molecule has 0 saturated carbocycles. The summed E-state index contributed by atoms with van der Waals surface area (Å²) in [5, 5.41) is 0. The lowest BCUT2D eigenvalue weighted by molar-refractivity contribution is -0.126. The number of hydrogen-bond donors (Lipinski definition) is 1. The molecule has 0 radical (unpaired) electrons. The quantitative estimate of drug-likeness (QED) is 0.739. The molecule has 1 aliphatic heterocycles. The molecule has 1 saturated heterocycles. The normalized spacial score (nSPS) is 15.7. The lowest BCUT2D eigenvalue weighted by Crippen LogP contribution is -2.55. The topological polar surface area (TPSA) is 72.6 Å². The average Bonchev–Trinajstić information content (AvgIpc) is 2.00. The zero-order chi connectivity index (χ0) is 12.9. The molecular weight excluding hydrogens is 208 g/mol. The maximum absolute atomic E-state index is 11.4. The van der Waals surface area contributed by atoms with Gasteiger partial charge in [-0.1, -0.05) is 13.8 Å². The van der Waals surface area contributed by atoms with Gasteiger partial charge in [0.15, 0.2) is 0 Å². The van der Waals surface area contributed by atoms with E-state index < -0.39 is 5.60 Å². The van der Waals surface area contributed by atoms with Gasteiger partial charge in [0.25, 0.3) is 0 Å². The first-order valence-electron chi connectivity index (χ1n) is 5.57. The van der Waals surface area contributed by atoms with Crippen molar-refractivity contribution in [3.63, 3.8) is 0 Å². The van der Waals surface area contributed by atoms with Gasteiger partial charge in [-0.2, -0.15) is 0 Å². The highest BCUT2D eigenvalue weighted by molar-refractivity contribution is 5.81. The van der Waals surface area contributed by atoms with Crippen molar-refractivity contribution < 1.29 is 14.3 Å².